The molecule has 8 nitrogen and oxygen atoms in total. The van der Waals surface area contributed by atoms with E-state index in [2.05, 4.69) is 0 Å². The molecule has 6 rings (SSSR count). The molecule has 0 radical (unpaired) electrons. The molecule has 0 aliphatic heterocycles. The van der Waals surface area contributed by atoms with E-state index in [1.54, 1.807) is 48.5 Å². The Morgan fingerprint density at radius 2 is 0.537 bits per heavy atom. The highest BCUT2D eigenvalue weighted by Crippen LogP contribution is 2.21. The number of benzene rings is 6. The molecule has 0 spiro atoms. The Balaban J connectivity index is 0.815. The molecule has 0 unspecified atom stereocenters. The summed E-state index contributed by atoms with van der Waals surface area (Å²) in [5.74, 6) is -1.44. The molecule has 0 bridgehead atoms. The summed E-state index contributed by atoms with van der Waals surface area (Å²) < 4.78 is 21.8. The summed E-state index contributed by atoms with van der Waals surface area (Å²) in [5, 5.41) is 5.81. The lowest BCUT2D eigenvalue weighted by molar-refractivity contribution is 0.0473. The van der Waals surface area contributed by atoms with Gasteiger partial charge in [-0.15, -0.1) is 0 Å². The van der Waals surface area contributed by atoms with Crippen molar-refractivity contribution in [3.63, 3.8) is 0 Å². The molecule has 0 atom stereocenters. The Bertz CT molecular complexity index is 2080. The molecule has 0 aromatic heterocycles. The zero-order valence-corrected chi connectivity index (χ0v) is 30.3. The molecule has 0 amide bonds. The summed E-state index contributed by atoms with van der Waals surface area (Å²) in [6, 6.07) is 37.4. The monoisotopic (exact) mass is 724 g/mol. The molecule has 8 heteroatoms. The number of carbonyl (C=O) groups excluding carboxylic acids is 4. The van der Waals surface area contributed by atoms with Crippen molar-refractivity contribution in [3.05, 3.63) is 144 Å². The van der Waals surface area contributed by atoms with Crippen molar-refractivity contribution < 1.29 is 38.1 Å². The SMILES string of the molecule is O=C(OCCCCCCOC(=O)c1ccc2cc(C(=O)OCCCCCCOC(=O)c3ccc4ccccc4c3)ccc2c1)c1ccc2ccccc2c1. The van der Waals surface area contributed by atoms with Gasteiger partial charge in [-0.3, -0.25) is 0 Å². The lowest BCUT2D eigenvalue weighted by Gasteiger charge is -2.08. The molecule has 0 heterocycles. The van der Waals surface area contributed by atoms with Gasteiger partial charge in [0, 0.05) is 0 Å². The van der Waals surface area contributed by atoms with Crippen molar-refractivity contribution in [2.24, 2.45) is 0 Å². The lowest BCUT2D eigenvalue weighted by atomic mass is 10.0. The molecule has 0 aliphatic carbocycles. The summed E-state index contributed by atoms with van der Waals surface area (Å²) in [7, 11) is 0. The number of hydrogen-bond donors (Lipinski definition) is 0. The number of ether oxygens (including phenoxy) is 4. The van der Waals surface area contributed by atoms with Gasteiger partial charge in [-0.05, 0) is 132 Å². The van der Waals surface area contributed by atoms with E-state index in [1.165, 1.54) is 0 Å². The van der Waals surface area contributed by atoms with Gasteiger partial charge in [0.2, 0.25) is 0 Å². The van der Waals surface area contributed by atoms with Crippen LogP contribution in [0.1, 0.15) is 92.8 Å². The predicted octanol–water partition coefficient (Wildman–Crippen LogP) is 10.3. The number of unbranched alkanes of at least 4 members (excludes halogenated alkanes) is 6. The van der Waals surface area contributed by atoms with Crippen LogP contribution < -0.4 is 0 Å². The highest BCUT2D eigenvalue weighted by Gasteiger charge is 2.13. The van der Waals surface area contributed by atoms with Crippen LogP contribution >= 0.6 is 0 Å². The number of esters is 4. The topological polar surface area (TPSA) is 105 Å². The Kier molecular flexibility index (Phi) is 13.4. The van der Waals surface area contributed by atoms with Gasteiger partial charge >= 0.3 is 23.9 Å². The molecule has 0 N–H and O–H groups in total. The minimum Gasteiger partial charge on any atom is -0.462 e. The maximum absolute atomic E-state index is 12.7. The largest absolute Gasteiger partial charge is 0.462 e. The van der Waals surface area contributed by atoms with Gasteiger partial charge in [0.05, 0.1) is 48.7 Å². The van der Waals surface area contributed by atoms with Gasteiger partial charge in [-0.1, -0.05) is 72.8 Å². The maximum atomic E-state index is 12.7. The van der Waals surface area contributed by atoms with Gasteiger partial charge in [0.1, 0.15) is 0 Å². The van der Waals surface area contributed by atoms with Gasteiger partial charge in [-0.25, -0.2) is 19.2 Å². The van der Waals surface area contributed by atoms with Gasteiger partial charge in [0.15, 0.2) is 0 Å². The number of carbonyl (C=O) groups is 4. The molecule has 276 valence electrons. The minimum atomic E-state index is -0.396. The van der Waals surface area contributed by atoms with Crippen molar-refractivity contribution in [3.8, 4) is 0 Å². The summed E-state index contributed by atoms with van der Waals surface area (Å²) in [6.07, 6.45) is 6.32. The van der Waals surface area contributed by atoms with E-state index in [0.29, 0.717) is 61.5 Å². The van der Waals surface area contributed by atoms with E-state index in [9.17, 15) is 19.2 Å². The maximum Gasteiger partial charge on any atom is 0.338 e. The van der Waals surface area contributed by atoms with Crippen molar-refractivity contribution in [1.82, 2.24) is 0 Å². The second-order valence-electron chi connectivity index (χ2n) is 13.3. The van der Waals surface area contributed by atoms with E-state index < -0.39 is 11.9 Å². The fourth-order valence-corrected chi connectivity index (χ4v) is 6.24. The number of hydrogen-bond acceptors (Lipinski definition) is 8. The van der Waals surface area contributed by atoms with Gasteiger partial charge in [-0.2, -0.15) is 0 Å². The number of rotatable bonds is 18. The Morgan fingerprint density at radius 1 is 0.296 bits per heavy atom. The van der Waals surface area contributed by atoms with Crippen LogP contribution in [-0.2, 0) is 18.9 Å². The normalized spacial score (nSPS) is 11.0. The first-order chi connectivity index (χ1) is 26.4. The first-order valence-corrected chi connectivity index (χ1v) is 18.6. The summed E-state index contributed by atoms with van der Waals surface area (Å²) >= 11 is 0. The summed E-state index contributed by atoms with van der Waals surface area (Å²) in [6.45, 7) is 1.30. The average molecular weight is 725 g/mol. The molecule has 54 heavy (non-hydrogen) atoms. The predicted molar refractivity (Wildman–Crippen MR) is 210 cm³/mol. The van der Waals surface area contributed by atoms with Gasteiger partial charge in [0.25, 0.3) is 0 Å². The first kappa shape index (κ1) is 37.7. The number of fused-ring (bicyclic) bond motifs is 3. The molecule has 0 saturated carbocycles. The van der Waals surface area contributed by atoms with Crippen LogP contribution in [0.3, 0.4) is 0 Å². The van der Waals surface area contributed by atoms with Crippen LogP contribution in [0.4, 0.5) is 0 Å². The quantitative estimate of drug-likeness (QED) is 0.0490. The Labute approximate surface area is 315 Å². The molecule has 6 aromatic rings. The lowest BCUT2D eigenvalue weighted by Crippen LogP contribution is -2.08. The van der Waals surface area contributed by atoms with E-state index >= 15 is 0 Å². The molecule has 0 fully saturated rings. The highest BCUT2D eigenvalue weighted by molar-refractivity contribution is 5.99. The van der Waals surface area contributed by atoms with Crippen molar-refractivity contribution in [2.75, 3.05) is 26.4 Å². The van der Waals surface area contributed by atoms with E-state index in [0.717, 1.165) is 70.8 Å². The van der Waals surface area contributed by atoms with Crippen molar-refractivity contribution in [1.29, 1.82) is 0 Å². The van der Waals surface area contributed by atoms with E-state index in [1.807, 2.05) is 72.8 Å². The van der Waals surface area contributed by atoms with Crippen LogP contribution in [0.15, 0.2) is 121 Å². The molecule has 0 aliphatic rings. The summed E-state index contributed by atoms with van der Waals surface area (Å²) in [5.41, 5.74) is 1.98. The first-order valence-electron chi connectivity index (χ1n) is 18.6. The average Bonchev–Trinajstić information content (AvgIpc) is 3.21. The highest BCUT2D eigenvalue weighted by atomic mass is 16.5. The second-order valence-corrected chi connectivity index (χ2v) is 13.3. The Hall–Kier alpha value is -6.02. The van der Waals surface area contributed by atoms with E-state index in [-0.39, 0.29) is 11.9 Å². The second kappa shape index (κ2) is 19.2. The molecular weight excluding hydrogens is 680 g/mol. The minimum absolute atomic E-state index is 0.304. The van der Waals surface area contributed by atoms with Crippen LogP contribution in [0.25, 0.3) is 32.3 Å². The fraction of sp³-hybridized carbons (Fsp3) is 0.261. The van der Waals surface area contributed by atoms with Crippen LogP contribution in [0.5, 0.6) is 0 Å². The summed E-state index contributed by atoms with van der Waals surface area (Å²) in [4.78, 5) is 50.1. The Morgan fingerprint density at radius 3 is 0.833 bits per heavy atom. The van der Waals surface area contributed by atoms with Crippen LogP contribution in [0, 0.1) is 0 Å². The van der Waals surface area contributed by atoms with Crippen LogP contribution in [-0.4, -0.2) is 50.3 Å². The standard InChI is InChI=1S/C46H44O8/c47-43(39-21-17-33-13-5-7-15-35(33)29-39)51-25-9-1-3-11-27-53-45(49)41-23-19-38-32-42(24-20-37(38)31-41)46(50)54-28-12-4-2-10-26-52-44(48)40-22-18-34-14-6-8-16-36(34)30-40/h5-8,13-24,29-32H,1-4,9-12,25-28H2. The third-order valence-electron chi connectivity index (χ3n) is 9.29. The fourth-order valence-electron chi connectivity index (χ4n) is 6.24. The van der Waals surface area contributed by atoms with E-state index in [4.69, 9.17) is 18.9 Å². The van der Waals surface area contributed by atoms with Crippen molar-refractivity contribution >= 4 is 56.2 Å². The molecule has 0 saturated heterocycles. The zero-order valence-electron chi connectivity index (χ0n) is 30.3. The third kappa shape index (κ3) is 10.5. The third-order valence-corrected chi connectivity index (χ3v) is 9.29. The smallest absolute Gasteiger partial charge is 0.338 e. The van der Waals surface area contributed by atoms with Crippen molar-refractivity contribution in [2.45, 2.75) is 51.4 Å². The van der Waals surface area contributed by atoms with Crippen LogP contribution in [0.2, 0.25) is 0 Å². The zero-order chi connectivity index (χ0) is 37.5. The van der Waals surface area contributed by atoms with Gasteiger partial charge < -0.3 is 18.9 Å². The molecule has 6 aromatic carbocycles. The molecular formula is C46H44O8.